The maximum Gasteiger partial charge on any atom is 0.136 e. The second-order valence-corrected chi connectivity index (χ2v) is 10.9. The Morgan fingerprint density at radius 3 is 2.59 bits per heavy atom. The van der Waals surface area contributed by atoms with Crippen LogP contribution in [0, 0.1) is 34.5 Å². The van der Waals surface area contributed by atoms with E-state index in [0.717, 1.165) is 0 Å². The van der Waals surface area contributed by atoms with Gasteiger partial charge in [0.2, 0.25) is 0 Å². The monoisotopic (exact) mass is 407 g/mol. The molecule has 0 radical (unpaired) electrons. The number of likely N-dealkylation sites (tertiary alicyclic amines) is 1. The lowest BCUT2D eigenvalue weighted by molar-refractivity contribution is -0.308. The Kier molecular flexibility index (Phi) is 3.48. The average molecular weight is 408 g/mol. The van der Waals surface area contributed by atoms with Crippen LogP contribution in [0.15, 0.2) is 12.2 Å². The molecular formula is C22H33NO6. The molecule has 7 nitrogen and oxygen atoms in total. The standard InChI is InChI=1S/C22H33NO6/c1-4-23-9-19(2)6-5-13(24)21-11-7-10-12(29-3)8-20(27,14(11)15(10)25)22(28,18(21)23)17(26)16(19)21/h5-6,10-18,24-28H,4,7-9H2,1-3H3/t10-,11+,12-,13?,14+,15-,16+,17-,18?,19-,20+,21?,22?/m0/s1. The molecule has 0 aromatic carbocycles. The van der Waals surface area contributed by atoms with Crippen LogP contribution < -0.4 is 0 Å². The van der Waals surface area contributed by atoms with Gasteiger partial charge in [-0.05, 0) is 18.9 Å². The first kappa shape index (κ1) is 19.2. The number of piperidine rings is 1. The minimum atomic E-state index is -1.84. The highest BCUT2D eigenvalue weighted by molar-refractivity contribution is 5.43. The summed E-state index contributed by atoms with van der Waals surface area (Å²) in [7, 11) is 1.58. The highest BCUT2D eigenvalue weighted by atomic mass is 16.5. The van der Waals surface area contributed by atoms with E-state index in [0.29, 0.717) is 19.5 Å². The molecule has 1 saturated heterocycles. The smallest absolute Gasteiger partial charge is 0.136 e. The van der Waals surface area contributed by atoms with Crippen molar-refractivity contribution in [3.63, 3.8) is 0 Å². The minimum Gasteiger partial charge on any atom is -0.392 e. The van der Waals surface area contributed by atoms with Gasteiger partial charge in [0.15, 0.2) is 0 Å². The van der Waals surface area contributed by atoms with Gasteiger partial charge >= 0.3 is 0 Å². The number of ether oxygens (including phenoxy) is 1. The molecule has 13 atom stereocenters. The minimum absolute atomic E-state index is 0.134. The lowest BCUT2D eigenvalue weighted by Crippen LogP contribution is -2.81. The second kappa shape index (κ2) is 5.26. The SMILES string of the molecule is CCN1C[C@]2(C)C=CC(O)C34C1C(O)([C@@H](O)[C@@H]32)[C@@]1(O)C[C@H](OC)[C@@H]2C[C@@H]4[C@@H]1[C@H]2O. The molecule has 162 valence electrons. The van der Waals surface area contributed by atoms with Gasteiger partial charge < -0.3 is 30.3 Å². The Hall–Kier alpha value is -0.540. The molecule has 29 heavy (non-hydrogen) atoms. The first-order chi connectivity index (χ1) is 13.6. The van der Waals surface area contributed by atoms with E-state index < -0.39 is 52.3 Å². The molecule has 4 unspecified atom stereocenters. The van der Waals surface area contributed by atoms with Crippen molar-refractivity contribution in [2.45, 2.75) is 68.3 Å². The van der Waals surface area contributed by atoms with Gasteiger partial charge in [0.25, 0.3) is 0 Å². The molecule has 0 aromatic heterocycles. The summed E-state index contributed by atoms with van der Waals surface area (Å²) in [5, 5.41) is 58.9. The van der Waals surface area contributed by atoms with Gasteiger partial charge in [0, 0.05) is 48.7 Å². The van der Waals surface area contributed by atoms with Gasteiger partial charge in [-0.15, -0.1) is 0 Å². The molecule has 7 bridgehead atoms. The van der Waals surface area contributed by atoms with Crippen molar-refractivity contribution in [3.05, 3.63) is 12.2 Å². The predicted molar refractivity (Wildman–Crippen MR) is 103 cm³/mol. The third-order valence-corrected chi connectivity index (χ3v) is 10.3. The van der Waals surface area contributed by atoms with E-state index in [1.54, 1.807) is 7.11 Å². The number of likely N-dealkylation sites (N-methyl/N-ethyl adjacent to an activating group) is 1. The van der Waals surface area contributed by atoms with E-state index >= 15 is 0 Å². The second-order valence-electron chi connectivity index (χ2n) is 10.9. The first-order valence-electron chi connectivity index (χ1n) is 11.1. The van der Waals surface area contributed by atoms with Crippen LogP contribution in [0.5, 0.6) is 0 Å². The van der Waals surface area contributed by atoms with Crippen LogP contribution in [-0.2, 0) is 4.74 Å². The van der Waals surface area contributed by atoms with Crippen molar-refractivity contribution in [1.29, 1.82) is 0 Å². The van der Waals surface area contributed by atoms with Crippen molar-refractivity contribution in [1.82, 2.24) is 4.90 Å². The Balaban J connectivity index is 1.68. The molecule has 5 fully saturated rings. The van der Waals surface area contributed by atoms with Crippen LogP contribution in [0.3, 0.4) is 0 Å². The largest absolute Gasteiger partial charge is 0.392 e. The van der Waals surface area contributed by atoms with Crippen LogP contribution in [-0.4, -0.2) is 92.3 Å². The maximum absolute atomic E-state index is 12.3. The van der Waals surface area contributed by atoms with Gasteiger partial charge in [0.1, 0.15) is 11.2 Å². The zero-order valence-electron chi connectivity index (χ0n) is 17.3. The Bertz CT molecular complexity index is 791. The molecule has 7 heteroatoms. The summed E-state index contributed by atoms with van der Waals surface area (Å²) in [6.45, 7) is 5.43. The third-order valence-electron chi connectivity index (χ3n) is 10.3. The van der Waals surface area contributed by atoms with Crippen molar-refractivity contribution in [2.75, 3.05) is 20.2 Å². The lowest BCUT2D eigenvalue weighted by Gasteiger charge is -2.68. The van der Waals surface area contributed by atoms with Crippen molar-refractivity contribution < 1.29 is 30.3 Å². The van der Waals surface area contributed by atoms with Crippen molar-refractivity contribution in [2.24, 2.45) is 34.5 Å². The topological polar surface area (TPSA) is 114 Å². The summed E-state index contributed by atoms with van der Waals surface area (Å²) >= 11 is 0. The van der Waals surface area contributed by atoms with Gasteiger partial charge in [-0.2, -0.15) is 0 Å². The van der Waals surface area contributed by atoms with Crippen LogP contribution in [0.2, 0.25) is 0 Å². The number of methoxy groups -OCH3 is 1. The quantitative estimate of drug-likeness (QED) is 0.378. The van der Waals surface area contributed by atoms with Crippen LogP contribution in [0.25, 0.3) is 0 Å². The molecule has 1 aliphatic heterocycles. The van der Waals surface area contributed by atoms with Crippen LogP contribution in [0.1, 0.15) is 26.7 Å². The highest BCUT2D eigenvalue weighted by Gasteiger charge is 2.90. The third kappa shape index (κ3) is 1.63. The number of rotatable bonds is 2. The van der Waals surface area contributed by atoms with E-state index in [1.807, 2.05) is 19.1 Å². The van der Waals surface area contributed by atoms with Crippen LogP contribution in [0.4, 0.5) is 0 Å². The van der Waals surface area contributed by atoms with Crippen molar-refractivity contribution >= 4 is 0 Å². The van der Waals surface area contributed by atoms with Crippen LogP contribution >= 0.6 is 0 Å². The van der Waals surface area contributed by atoms with Gasteiger partial charge in [-0.25, -0.2) is 0 Å². The number of hydrogen-bond donors (Lipinski definition) is 5. The van der Waals surface area contributed by atoms with E-state index in [1.165, 1.54) is 0 Å². The Labute approximate surface area is 171 Å². The summed E-state index contributed by atoms with van der Waals surface area (Å²) in [5.41, 5.74) is -4.74. The molecular weight excluding hydrogens is 374 g/mol. The fourth-order valence-electron chi connectivity index (χ4n) is 9.68. The summed E-state index contributed by atoms with van der Waals surface area (Å²) in [6, 6.07) is -0.569. The fraction of sp³-hybridized carbons (Fsp3) is 0.909. The zero-order chi connectivity index (χ0) is 20.7. The average Bonchev–Trinajstić information content (AvgIpc) is 3.04. The summed E-state index contributed by atoms with van der Waals surface area (Å²) in [6.07, 6.45) is 1.41. The lowest BCUT2D eigenvalue weighted by atomic mass is 9.44. The van der Waals surface area contributed by atoms with Gasteiger partial charge in [-0.1, -0.05) is 26.0 Å². The van der Waals surface area contributed by atoms with Gasteiger partial charge in [-0.3, -0.25) is 4.90 Å². The Morgan fingerprint density at radius 2 is 1.93 bits per heavy atom. The first-order valence-corrected chi connectivity index (χ1v) is 11.1. The molecule has 4 saturated carbocycles. The van der Waals surface area contributed by atoms with E-state index in [4.69, 9.17) is 4.74 Å². The molecule has 1 spiro atoms. The van der Waals surface area contributed by atoms with Crippen molar-refractivity contribution in [3.8, 4) is 0 Å². The molecule has 6 aliphatic rings. The van der Waals surface area contributed by atoms with E-state index in [2.05, 4.69) is 11.8 Å². The molecule has 1 heterocycles. The van der Waals surface area contributed by atoms with E-state index in [9.17, 15) is 25.5 Å². The fourth-order valence-corrected chi connectivity index (χ4v) is 9.68. The number of aliphatic hydroxyl groups excluding tert-OH is 3. The number of fused-ring (bicyclic) bond motifs is 2. The predicted octanol–water partition coefficient (Wildman–Crippen LogP) is -0.888. The molecule has 0 aromatic rings. The Morgan fingerprint density at radius 1 is 1.21 bits per heavy atom. The molecule has 5 N–H and O–H groups in total. The molecule has 0 amide bonds. The molecule has 5 aliphatic carbocycles. The normalized spacial score (nSPS) is 67.1. The number of nitrogens with zero attached hydrogens (tertiary/aromatic N) is 1. The summed E-state index contributed by atoms with van der Waals surface area (Å²) in [4.78, 5) is 2.16. The highest BCUT2D eigenvalue weighted by Crippen LogP contribution is 2.78. The number of hydrogen-bond acceptors (Lipinski definition) is 7. The summed E-state index contributed by atoms with van der Waals surface area (Å²) in [5.74, 6) is -1.29. The van der Waals surface area contributed by atoms with Gasteiger partial charge in [0.05, 0.1) is 30.5 Å². The van der Waals surface area contributed by atoms with E-state index in [-0.39, 0.29) is 30.3 Å². The molecule has 6 rings (SSSR count). The zero-order valence-corrected chi connectivity index (χ0v) is 17.3. The summed E-state index contributed by atoms with van der Waals surface area (Å²) < 4.78 is 5.66. The number of aliphatic hydroxyl groups is 5. The maximum atomic E-state index is 12.3.